The van der Waals surface area contributed by atoms with Crippen molar-refractivity contribution in [2.75, 3.05) is 12.8 Å². The third-order valence-corrected chi connectivity index (χ3v) is 5.87. The highest BCUT2D eigenvalue weighted by Crippen LogP contribution is 2.25. The van der Waals surface area contributed by atoms with E-state index in [1.807, 2.05) is 44.2 Å². The molecular weight excluding hydrogens is 324 g/mol. The second-order valence-corrected chi connectivity index (χ2v) is 8.78. The lowest BCUT2D eigenvalue weighted by Gasteiger charge is -2.31. The molecule has 0 atom stereocenters. The molecule has 5 nitrogen and oxygen atoms in total. The van der Waals surface area contributed by atoms with Crippen LogP contribution in [0.2, 0.25) is 0 Å². The molecule has 1 saturated carbocycles. The van der Waals surface area contributed by atoms with Crippen LogP contribution >= 0.6 is 0 Å². The number of nitrogens with zero attached hydrogens (tertiary/aromatic N) is 2. The summed E-state index contributed by atoms with van der Waals surface area (Å²) in [5.74, 6) is -0.133. The number of sulfonamides is 1. The summed E-state index contributed by atoms with van der Waals surface area (Å²) in [6.07, 6.45) is 4.96. The van der Waals surface area contributed by atoms with Crippen LogP contribution < -0.4 is 0 Å². The van der Waals surface area contributed by atoms with Crippen molar-refractivity contribution in [1.82, 2.24) is 9.21 Å². The molecule has 1 fully saturated rings. The van der Waals surface area contributed by atoms with Crippen LogP contribution in [0.5, 0.6) is 0 Å². The summed E-state index contributed by atoms with van der Waals surface area (Å²) in [6.45, 7) is 4.36. The first-order valence-corrected chi connectivity index (χ1v) is 10.4. The number of carbonyl (C=O) groups is 1. The van der Waals surface area contributed by atoms with Crippen LogP contribution in [-0.2, 0) is 21.4 Å². The monoisotopic (exact) mass is 352 g/mol. The van der Waals surface area contributed by atoms with E-state index < -0.39 is 10.0 Å². The number of benzene rings is 1. The molecule has 0 spiro atoms. The molecule has 0 radical (unpaired) electrons. The summed E-state index contributed by atoms with van der Waals surface area (Å²) in [4.78, 5) is 14.6. The summed E-state index contributed by atoms with van der Waals surface area (Å²) in [6, 6.07) is 9.77. The predicted octanol–water partition coefficient (Wildman–Crippen LogP) is 2.63. The first-order chi connectivity index (χ1) is 11.3. The summed E-state index contributed by atoms with van der Waals surface area (Å²) in [7, 11) is -3.39. The van der Waals surface area contributed by atoms with Gasteiger partial charge in [0.2, 0.25) is 15.9 Å². The normalized spacial score (nSPS) is 16.0. The Bertz CT molecular complexity index is 637. The van der Waals surface area contributed by atoms with Crippen molar-refractivity contribution in [3.63, 3.8) is 0 Å². The minimum Gasteiger partial charge on any atom is -0.335 e. The molecule has 2 rings (SSSR count). The molecule has 0 bridgehead atoms. The van der Waals surface area contributed by atoms with E-state index in [1.54, 1.807) is 4.90 Å². The Morgan fingerprint density at radius 2 is 1.75 bits per heavy atom. The van der Waals surface area contributed by atoms with Crippen molar-refractivity contribution in [2.45, 2.75) is 58.2 Å². The molecule has 0 heterocycles. The molecule has 134 valence electrons. The lowest BCUT2D eigenvalue weighted by atomic mass is 10.2. The standard InChI is InChI=1S/C18H28N2O3S/c1-15(2)19(13-16-9-5-4-6-10-16)18(21)14-20(24(3,22)23)17-11-7-8-12-17/h4-6,9-10,15,17H,7-8,11-14H2,1-3H3. The number of rotatable bonds is 7. The van der Waals surface area contributed by atoms with Crippen LogP contribution in [0.25, 0.3) is 0 Å². The molecule has 1 amide bonds. The zero-order valence-corrected chi connectivity index (χ0v) is 15.6. The van der Waals surface area contributed by atoms with Crippen LogP contribution in [0.15, 0.2) is 30.3 Å². The van der Waals surface area contributed by atoms with Gasteiger partial charge >= 0.3 is 0 Å². The smallest absolute Gasteiger partial charge is 0.238 e. The van der Waals surface area contributed by atoms with Gasteiger partial charge in [-0.05, 0) is 32.3 Å². The SMILES string of the molecule is CC(C)N(Cc1ccccc1)C(=O)CN(C1CCCC1)S(C)(=O)=O. The largest absolute Gasteiger partial charge is 0.335 e. The maximum atomic E-state index is 12.8. The van der Waals surface area contributed by atoms with E-state index in [-0.39, 0.29) is 24.5 Å². The summed E-state index contributed by atoms with van der Waals surface area (Å²) in [5.41, 5.74) is 1.05. The van der Waals surface area contributed by atoms with Crippen molar-refractivity contribution in [3.05, 3.63) is 35.9 Å². The van der Waals surface area contributed by atoms with Crippen molar-refractivity contribution in [1.29, 1.82) is 0 Å². The molecular formula is C18H28N2O3S. The third kappa shape index (κ3) is 5.05. The highest BCUT2D eigenvalue weighted by molar-refractivity contribution is 7.88. The first kappa shape index (κ1) is 18.9. The van der Waals surface area contributed by atoms with Gasteiger partial charge in [-0.3, -0.25) is 4.79 Å². The van der Waals surface area contributed by atoms with E-state index in [2.05, 4.69) is 0 Å². The molecule has 0 unspecified atom stereocenters. The minimum absolute atomic E-state index is 0.0164. The Balaban J connectivity index is 2.13. The fourth-order valence-electron chi connectivity index (χ4n) is 3.27. The minimum atomic E-state index is -3.39. The van der Waals surface area contributed by atoms with Gasteiger partial charge in [0, 0.05) is 18.6 Å². The average molecular weight is 353 g/mol. The van der Waals surface area contributed by atoms with E-state index in [4.69, 9.17) is 0 Å². The van der Waals surface area contributed by atoms with Crippen molar-refractivity contribution in [2.24, 2.45) is 0 Å². The lowest BCUT2D eigenvalue weighted by Crippen LogP contribution is -2.47. The second-order valence-electron chi connectivity index (χ2n) is 6.85. The van der Waals surface area contributed by atoms with Crippen LogP contribution in [-0.4, -0.2) is 48.4 Å². The zero-order chi connectivity index (χ0) is 17.7. The zero-order valence-electron chi connectivity index (χ0n) is 14.8. The highest BCUT2D eigenvalue weighted by Gasteiger charge is 2.32. The Kier molecular flexibility index (Phi) is 6.40. The molecule has 0 aliphatic heterocycles. The van der Waals surface area contributed by atoms with E-state index in [0.717, 1.165) is 31.2 Å². The summed E-state index contributed by atoms with van der Waals surface area (Å²) >= 11 is 0. The van der Waals surface area contributed by atoms with Crippen LogP contribution in [0, 0.1) is 0 Å². The maximum absolute atomic E-state index is 12.8. The van der Waals surface area contributed by atoms with Gasteiger partial charge in [-0.2, -0.15) is 4.31 Å². The molecule has 1 aromatic rings. The van der Waals surface area contributed by atoms with Gasteiger partial charge in [0.05, 0.1) is 12.8 Å². The second kappa shape index (κ2) is 8.12. The van der Waals surface area contributed by atoms with Gasteiger partial charge in [-0.1, -0.05) is 43.2 Å². The van der Waals surface area contributed by atoms with Gasteiger partial charge in [0.15, 0.2) is 0 Å². The van der Waals surface area contributed by atoms with Gasteiger partial charge in [0.1, 0.15) is 0 Å². The molecule has 0 N–H and O–H groups in total. The van der Waals surface area contributed by atoms with E-state index in [9.17, 15) is 13.2 Å². The van der Waals surface area contributed by atoms with Crippen molar-refractivity contribution in [3.8, 4) is 0 Å². The highest BCUT2D eigenvalue weighted by atomic mass is 32.2. The number of carbonyl (C=O) groups excluding carboxylic acids is 1. The quantitative estimate of drug-likeness (QED) is 0.758. The van der Waals surface area contributed by atoms with Crippen LogP contribution in [0.3, 0.4) is 0 Å². The Morgan fingerprint density at radius 3 is 2.25 bits per heavy atom. The van der Waals surface area contributed by atoms with Gasteiger partial charge in [0.25, 0.3) is 0 Å². The molecule has 0 saturated heterocycles. The molecule has 1 aromatic carbocycles. The van der Waals surface area contributed by atoms with Gasteiger partial charge in [-0.25, -0.2) is 8.42 Å². The number of amides is 1. The van der Waals surface area contributed by atoms with Crippen LogP contribution in [0.4, 0.5) is 0 Å². The van der Waals surface area contributed by atoms with E-state index in [1.165, 1.54) is 10.6 Å². The molecule has 0 aromatic heterocycles. The van der Waals surface area contributed by atoms with Crippen LogP contribution in [0.1, 0.15) is 45.1 Å². The van der Waals surface area contributed by atoms with E-state index >= 15 is 0 Å². The Morgan fingerprint density at radius 1 is 1.17 bits per heavy atom. The summed E-state index contributed by atoms with van der Waals surface area (Å²) in [5, 5.41) is 0. The Hall–Kier alpha value is -1.40. The fourth-order valence-corrected chi connectivity index (χ4v) is 4.37. The Labute approximate surface area is 145 Å². The van der Waals surface area contributed by atoms with E-state index in [0.29, 0.717) is 6.54 Å². The molecule has 6 heteroatoms. The fraction of sp³-hybridized carbons (Fsp3) is 0.611. The number of hydrogen-bond acceptors (Lipinski definition) is 3. The first-order valence-electron chi connectivity index (χ1n) is 8.59. The lowest BCUT2D eigenvalue weighted by molar-refractivity contribution is -0.134. The topological polar surface area (TPSA) is 57.7 Å². The maximum Gasteiger partial charge on any atom is 0.238 e. The van der Waals surface area contributed by atoms with Crippen molar-refractivity contribution >= 4 is 15.9 Å². The van der Waals surface area contributed by atoms with Gasteiger partial charge < -0.3 is 4.90 Å². The van der Waals surface area contributed by atoms with Crippen molar-refractivity contribution < 1.29 is 13.2 Å². The third-order valence-electron chi connectivity index (χ3n) is 4.59. The number of hydrogen-bond donors (Lipinski definition) is 0. The van der Waals surface area contributed by atoms with Gasteiger partial charge in [-0.15, -0.1) is 0 Å². The summed E-state index contributed by atoms with van der Waals surface area (Å²) < 4.78 is 25.7. The predicted molar refractivity (Wildman–Crippen MR) is 95.9 cm³/mol. The molecule has 24 heavy (non-hydrogen) atoms. The molecule has 1 aliphatic carbocycles. The molecule has 1 aliphatic rings. The average Bonchev–Trinajstić information content (AvgIpc) is 3.03.